The summed E-state index contributed by atoms with van der Waals surface area (Å²) in [6.07, 6.45) is 0. The quantitative estimate of drug-likeness (QED) is 0.344. The molecule has 172 valence electrons. The number of nitrogens with one attached hydrogen (secondary N) is 1. The van der Waals surface area contributed by atoms with Crippen LogP contribution in [0.3, 0.4) is 0 Å². The minimum absolute atomic E-state index is 0.0192. The molecule has 9 heteroatoms. The van der Waals surface area contributed by atoms with E-state index < -0.39 is 11.9 Å². The van der Waals surface area contributed by atoms with Gasteiger partial charge in [0.1, 0.15) is 23.1 Å². The van der Waals surface area contributed by atoms with Crippen LogP contribution in [0.2, 0.25) is 0 Å². The van der Waals surface area contributed by atoms with Gasteiger partial charge in [0.15, 0.2) is 17.3 Å². The Morgan fingerprint density at radius 2 is 1.70 bits per heavy atom. The molecule has 0 bridgehead atoms. The Bertz CT molecular complexity index is 1200. The molecule has 8 nitrogen and oxygen atoms in total. The van der Waals surface area contributed by atoms with Gasteiger partial charge in [0.25, 0.3) is 5.91 Å². The molecule has 0 unspecified atom stereocenters. The van der Waals surface area contributed by atoms with E-state index in [0.717, 1.165) is 11.3 Å². The van der Waals surface area contributed by atoms with Crippen molar-refractivity contribution >= 4 is 39.8 Å². The fraction of sp³-hybridized carbons (Fsp3) is 0.250. The van der Waals surface area contributed by atoms with Crippen molar-refractivity contribution < 1.29 is 33.1 Å². The average molecular weight is 470 g/mol. The summed E-state index contributed by atoms with van der Waals surface area (Å²) in [5, 5.41) is 2.87. The predicted molar refractivity (Wildman–Crippen MR) is 122 cm³/mol. The summed E-state index contributed by atoms with van der Waals surface area (Å²) in [4.78, 5) is 48.7. The molecule has 1 aromatic carbocycles. The Hall–Kier alpha value is -3.72. The van der Waals surface area contributed by atoms with Crippen molar-refractivity contribution in [1.29, 1.82) is 0 Å². The van der Waals surface area contributed by atoms with Crippen LogP contribution < -0.4 is 10.1 Å². The molecule has 0 atom stereocenters. The number of anilines is 1. The highest BCUT2D eigenvalue weighted by molar-refractivity contribution is 7.18. The first kappa shape index (κ1) is 23.9. The highest BCUT2D eigenvalue weighted by Gasteiger charge is 2.26. The number of esters is 1. The second-order valence-electron chi connectivity index (χ2n) is 7.13. The summed E-state index contributed by atoms with van der Waals surface area (Å²) < 4.78 is 16.3. The number of Topliss-reactive ketones (excluding diaryl/α,β-unsaturated/α-hetero) is 2. The van der Waals surface area contributed by atoms with Gasteiger partial charge in [-0.1, -0.05) is 0 Å². The molecule has 0 aliphatic rings. The number of rotatable bonds is 9. The van der Waals surface area contributed by atoms with Crippen molar-refractivity contribution in [3.8, 4) is 5.75 Å². The van der Waals surface area contributed by atoms with Crippen LogP contribution in [0.5, 0.6) is 5.75 Å². The maximum Gasteiger partial charge on any atom is 0.341 e. The number of hydrogen-bond acceptors (Lipinski definition) is 8. The van der Waals surface area contributed by atoms with Gasteiger partial charge in [-0.3, -0.25) is 14.4 Å². The van der Waals surface area contributed by atoms with Gasteiger partial charge in [0, 0.05) is 5.56 Å². The zero-order chi connectivity index (χ0) is 24.1. The van der Waals surface area contributed by atoms with E-state index in [1.807, 2.05) is 0 Å². The first-order chi connectivity index (χ1) is 15.7. The third kappa shape index (κ3) is 5.56. The van der Waals surface area contributed by atoms with Gasteiger partial charge < -0.3 is 19.2 Å². The van der Waals surface area contributed by atoms with Crippen molar-refractivity contribution in [1.82, 2.24) is 0 Å². The van der Waals surface area contributed by atoms with Crippen molar-refractivity contribution in [2.45, 2.75) is 34.3 Å². The second-order valence-corrected chi connectivity index (χ2v) is 8.15. The van der Waals surface area contributed by atoms with E-state index in [0.29, 0.717) is 27.5 Å². The monoisotopic (exact) mass is 469 g/mol. The fourth-order valence-corrected chi connectivity index (χ4v) is 4.15. The largest absolute Gasteiger partial charge is 0.486 e. The zero-order valence-electron chi connectivity index (χ0n) is 18.6. The van der Waals surface area contributed by atoms with Crippen molar-refractivity contribution in [3.05, 3.63) is 69.5 Å². The van der Waals surface area contributed by atoms with Crippen LogP contribution in [-0.2, 0) is 11.3 Å². The molecule has 2 heterocycles. The maximum atomic E-state index is 12.7. The molecule has 0 aliphatic heterocycles. The van der Waals surface area contributed by atoms with Crippen LogP contribution in [-0.4, -0.2) is 30.0 Å². The van der Waals surface area contributed by atoms with Gasteiger partial charge in [0.2, 0.25) is 0 Å². The van der Waals surface area contributed by atoms with Gasteiger partial charge in [-0.2, -0.15) is 0 Å². The molecule has 0 radical (unpaired) electrons. The third-order valence-corrected chi connectivity index (χ3v) is 6.01. The summed E-state index contributed by atoms with van der Waals surface area (Å²) >= 11 is 1.02. The minimum Gasteiger partial charge on any atom is -0.486 e. The van der Waals surface area contributed by atoms with Gasteiger partial charge in [-0.15, -0.1) is 11.3 Å². The van der Waals surface area contributed by atoms with Crippen LogP contribution in [0.25, 0.3) is 0 Å². The topological polar surface area (TPSA) is 112 Å². The Morgan fingerprint density at radius 1 is 1.00 bits per heavy atom. The van der Waals surface area contributed by atoms with Crippen molar-refractivity contribution in [3.63, 3.8) is 0 Å². The minimum atomic E-state index is -0.613. The van der Waals surface area contributed by atoms with Gasteiger partial charge in [0.05, 0.1) is 17.0 Å². The van der Waals surface area contributed by atoms with Crippen LogP contribution in [0, 0.1) is 6.92 Å². The number of amides is 1. The molecule has 0 saturated carbocycles. The standard InChI is InChI=1S/C24H23NO7S/c1-5-30-24(29)20-13(2)21(15(4)27)33-23(20)25-22(28)19-11-10-18(32-19)12-31-17-8-6-16(7-9-17)14(3)26/h6-11H,5,12H2,1-4H3,(H,25,28). The number of carbonyl (C=O) groups is 4. The van der Waals surface area contributed by atoms with E-state index in [4.69, 9.17) is 13.9 Å². The van der Waals surface area contributed by atoms with Gasteiger partial charge in [-0.05, 0) is 69.7 Å². The van der Waals surface area contributed by atoms with E-state index in [1.165, 1.54) is 19.9 Å². The third-order valence-electron chi connectivity index (χ3n) is 4.70. The Morgan fingerprint density at radius 3 is 2.30 bits per heavy atom. The Kier molecular flexibility index (Phi) is 7.44. The fourth-order valence-electron chi connectivity index (χ4n) is 3.07. The molecule has 0 spiro atoms. The molecule has 3 rings (SSSR count). The SMILES string of the molecule is CCOC(=O)c1c(NC(=O)c2ccc(COc3ccc(C(C)=O)cc3)o2)sc(C(C)=O)c1C. The van der Waals surface area contributed by atoms with E-state index in [-0.39, 0.29) is 41.1 Å². The Balaban J connectivity index is 1.71. The zero-order valence-corrected chi connectivity index (χ0v) is 19.5. The first-order valence-corrected chi connectivity index (χ1v) is 11.0. The molecular weight excluding hydrogens is 446 g/mol. The molecule has 1 amide bonds. The summed E-state index contributed by atoms with van der Waals surface area (Å²) in [6, 6.07) is 9.77. The van der Waals surface area contributed by atoms with Gasteiger partial charge in [-0.25, -0.2) is 4.79 Å². The highest BCUT2D eigenvalue weighted by Crippen LogP contribution is 2.34. The Labute approximate surface area is 194 Å². The lowest BCUT2D eigenvalue weighted by atomic mass is 10.1. The molecule has 1 N–H and O–H groups in total. The number of benzene rings is 1. The van der Waals surface area contributed by atoms with E-state index >= 15 is 0 Å². The summed E-state index contributed by atoms with van der Waals surface area (Å²) in [5.41, 5.74) is 1.20. The smallest absolute Gasteiger partial charge is 0.341 e. The lowest BCUT2D eigenvalue weighted by Crippen LogP contribution is -2.14. The predicted octanol–water partition coefficient (Wildman–Crippen LogP) is 5.06. The maximum absolute atomic E-state index is 12.7. The second kappa shape index (κ2) is 10.3. The molecule has 2 aromatic heterocycles. The molecule has 33 heavy (non-hydrogen) atoms. The highest BCUT2D eigenvalue weighted by atomic mass is 32.1. The summed E-state index contributed by atoms with van der Waals surface area (Å²) in [5.74, 6) is -0.457. The number of furan rings is 1. The lowest BCUT2D eigenvalue weighted by molar-refractivity contribution is 0.0527. The van der Waals surface area contributed by atoms with Crippen molar-refractivity contribution in [2.24, 2.45) is 0 Å². The number of carbonyl (C=O) groups excluding carboxylic acids is 4. The van der Waals surface area contributed by atoms with E-state index in [2.05, 4.69) is 5.32 Å². The summed E-state index contributed by atoms with van der Waals surface area (Å²) in [6.45, 7) is 6.43. The first-order valence-electron chi connectivity index (χ1n) is 10.2. The van der Waals surface area contributed by atoms with E-state index in [9.17, 15) is 19.2 Å². The summed E-state index contributed by atoms with van der Waals surface area (Å²) in [7, 11) is 0. The van der Waals surface area contributed by atoms with Crippen LogP contribution in [0.1, 0.15) is 73.0 Å². The number of thiophene rings is 1. The van der Waals surface area contributed by atoms with Crippen LogP contribution in [0.15, 0.2) is 40.8 Å². The molecule has 0 saturated heterocycles. The number of hydrogen-bond donors (Lipinski definition) is 1. The number of ether oxygens (including phenoxy) is 2. The van der Waals surface area contributed by atoms with Crippen LogP contribution >= 0.6 is 11.3 Å². The van der Waals surface area contributed by atoms with Crippen molar-refractivity contribution in [2.75, 3.05) is 11.9 Å². The van der Waals surface area contributed by atoms with Crippen LogP contribution in [0.4, 0.5) is 5.00 Å². The average Bonchev–Trinajstić information content (AvgIpc) is 3.37. The van der Waals surface area contributed by atoms with E-state index in [1.54, 1.807) is 44.2 Å². The van der Waals surface area contributed by atoms with Gasteiger partial charge >= 0.3 is 5.97 Å². The molecule has 3 aromatic rings. The molecule has 0 aliphatic carbocycles. The molecule has 0 fully saturated rings. The normalized spacial score (nSPS) is 10.5. The lowest BCUT2D eigenvalue weighted by Gasteiger charge is -2.06. The number of ketones is 2. The molecular formula is C24H23NO7S.